The Hall–Kier alpha value is -0.0800. The van der Waals surface area contributed by atoms with E-state index in [1.807, 2.05) is 0 Å². The molecule has 3 unspecified atom stereocenters. The maximum atomic E-state index is 5.74. The van der Waals surface area contributed by atoms with Crippen LogP contribution in [0.5, 0.6) is 0 Å². The molecule has 0 saturated carbocycles. The first-order valence-corrected chi connectivity index (χ1v) is 4.82. The molecule has 0 aromatic heterocycles. The van der Waals surface area contributed by atoms with Crippen molar-refractivity contribution in [1.82, 2.24) is 4.90 Å². The summed E-state index contributed by atoms with van der Waals surface area (Å²) in [6, 6.07) is 0. The summed E-state index contributed by atoms with van der Waals surface area (Å²) in [6.45, 7) is 4.91. The number of hydrogen-bond acceptors (Lipinski definition) is 2. The van der Waals surface area contributed by atoms with Crippen molar-refractivity contribution in [3.05, 3.63) is 0 Å². The molecule has 0 amide bonds. The van der Waals surface area contributed by atoms with Crippen LogP contribution in [0.4, 0.5) is 0 Å². The second kappa shape index (κ2) is 3.11. The molecule has 0 aromatic rings. The maximum Gasteiger partial charge on any atom is 0.00133 e. The molecule has 3 atom stereocenters. The van der Waals surface area contributed by atoms with Gasteiger partial charge in [0.05, 0.1) is 0 Å². The summed E-state index contributed by atoms with van der Waals surface area (Å²) in [6.07, 6.45) is 4.15. The summed E-state index contributed by atoms with van der Waals surface area (Å²) >= 11 is 0. The van der Waals surface area contributed by atoms with E-state index in [0.717, 1.165) is 18.4 Å². The molecule has 2 nitrogen and oxygen atoms in total. The van der Waals surface area contributed by atoms with Gasteiger partial charge in [-0.2, -0.15) is 0 Å². The highest BCUT2D eigenvalue weighted by Crippen LogP contribution is 2.30. The van der Waals surface area contributed by atoms with Crippen molar-refractivity contribution in [3.8, 4) is 0 Å². The monoisotopic (exact) mass is 154 g/mol. The fourth-order valence-corrected chi connectivity index (χ4v) is 2.57. The third-order valence-corrected chi connectivity index (χ3v) is 3.33. The highest BCUT2D eigenvalue weighted by molar-refractivity contribution is 4.84. The second-order valence-electron chi connectivity index (χ2n) is 3.99. The van der Waals surface area contributed by atoms with Crippen molar-refractivity contribution in [3.63, 3.8) is 0 Å². The highest BCUT2D eigenvalue weighted by atomic mass is 15.1. The molecule has 0 aromatic carbocycles. The first-order valence-electron chi connectivity index (χ1n) is 4.82. The lowest BCUT2D eigenvalue weighted by Gasteiger charge is -2.18. The molecule has 2 aliphatic heterocycles. The molecular formula is C9H18N2. The molecule has 2 heterocycles. The van der Waals surface area contributed by atoms with E-state index in [-0.39, 0.29) is 0 Å². The van der Waals surface area contributed by atoms with Gasteiger partial charge in [-0.3, -0.25) is 0 Å². The van der Waals surface area contributed by atoms with Crippen molar-refractivity contribution >= 4 is 0 Å². The molecule has 2 rings (SSSR count). The lowest BCUT2D eigenvalue weighted by Crippen LogP contribution is -2.23. The lowest BCUT2D eigenvalue weighted by atomic mass is 9.88. The van der Waals surface area contributed by atoms with Gasteiger partial charge in [0.25, 0.3) is 0 Å². The number of fused-ring (bicyclic) bond motifs is 2. The molecule has 2 heteroatoms. The number of nitrogens with two attached hydrogens (primary N) is 1. The van der Waals surface area contributed by atoms with Crippen LogP contribution in [0.2, 0.25) is 0 Å². The summed E-state index contributed by atoms with van der Waals surface area (Å²) in [4.78, 5) is 2.60. The van der Waals surface area contributed by atoms with Crippen LogP contribution < -0.4 is 5.73 Å². The molecule has 2 aliphatic rings. The van der Waals surface area contributed by atoms with E-state index in [4.69, 9.17) is 5.73 Å². The largest absolute Gasteiger partial charge is 0.330 e. The Balaban J connectivity index is 2.00. The summed E-state index contributed by atoms with van der Waals surface area (Å²) in [7, 11) is 0. The van der Waals surface area contributed by atoms with Crippen molar-refractivity contribution in [2.24, 2.45) is 17.6 Å². The Labute approximate surface area is 68.7 Å². The van der Waals surface area contributed by atoms with E-state index >= 15 is 0 Å². The van der Waals surface area contributed by atoms with Gasteiger partial charge >= 0.3 is 0 Å². The molecule has 2 fully saturated rings. The SMILES string of the molecule is NCC1CCCN2CCC1C2. The smallest absolute Gasteiger partial charge is 0.00133 e. The van der Waals surface area contributed by atoms with Gasteiger partial charge in [-0.05, 0) is 50.7 Å². The highest BCUT2D eigenvalue weighted by Gasteiger charge is 2.30. The van der Waals surface area contributed by atoms with E-state index in [1.165, 1.54) is 38.9 Å². The number of rotatable bonds is 1. The molecule has 11 heavy (non-hydrogen) atoms. The molecule has 2 saturated heterocycles. The van der Waals surface area contributed by atoms with Crippen molar-refractivity contribution in [1.29, 1.82) is 0 Å². The van der Waals surface area contributed by atoms with Crippen molar-refractivity contribution in [2.75, 3.05) is 26.2 Å². The normalized spacial score (nSPS) is 43.9. The van der Waals surface area contributed by atoms with Crippen molar-refractivity contribution in [2.45, 2.75) is 19.3 Å². The van der Waals surface area contributed by atoms with Crippen LogP contribution in [-0.2, 0) is 0 Å². The maximum absolute atomic E-state index is 5.74. The minimum absolute atomic E-state index is 0.836. The molecule has 2 N–H and O–H groups in total. The van der Waals surface area contributed by atoms with E-state index in [0.29, 0.717) is 0 Å². The molecule has 64 valence electrons. The topological polar surface area (TPSA) is 29.3 Å². The Morgan fingerprint density at radius 2 is 2.18 bits per heavy atom. The minimum Gasteiger partial charge on any atom is -0.330 e. The summed E-state index contributed by atoms with van der Waals surface area (Å²) in [5, 5.41) is 0. The van der Waals surface area contributed by atoms with Crippen LogP contribution in [0.1, 0.15) is 19.3 Å². The summed E-state index contributed by atoms with van der Waals surface area (Å²) in [5.74, 6) is 1.77. The zero-order valence-electron chi connectivity index (χ0n) is 7.13. The van der Waals surface area contributed by atoms with E-state index < -0.39 is 0 Å². The zero-order valence-corrected chi connectivity index (χ0v) is 7.13. The Bertz CT molecular complexity index is 136. The van der Waals surface area contributed by atoms with Gasteiger partial charge in [-0.25, -0.2) is 0 Å². The molecule has 0 radical (unpaired) electrons. The lowest BCUT2D eigenvalue weighted by molar-refractivity contribution is 0.337. The van der Waals surface area contributed by atoms with E-state index in [1.54, 1.807) is 0 Å². The van der Waals surface area contributed by atoms with Crippen LogP contribution in [0.3, 0.4) is 0 Å². The predicted molar refractivity (Wildman–Crippen MR) is 46.3 cm³/mol. The quantitative estimate of drug-likeness (QED) is 0.601. The number of nitrogens with zero attached hydrogens (tertiary/aromatic N) is 1. The van der Waals surface area contributed by atoms with Crippen LogP contribution in [0.15, 0.2) is 0 Å². The first kappa shape index (κ1) is 7.56. The second-order valence-corrected chi connectivity index (χ2v) is 3.99. The summed E-state index contributed by atoms with van der Waals surface area (Å²) < 4.78 is 0. The van der Waals surface area contributed by atoms with Crippen LogP contribution in [0, 0.1) is 11.8 Å². The zero-order chi connectivity index (χ0) is 7.68. The minimum atomic E-state index is 0.836. The summed E-state index contributed by atoms with van der Waals surface area (Å²) in [5.41, 5.74) is 5.74. The Morgan fingerprint density at radius 1 is 1.27 bits per heavy atom. The van der Waals surface area contributed by atoms with Crippen LogP contribution in [0.25, 0.3) is 0 Å². The molecular weight excluding hydrogens is 136 g/mol. The van der Waals surface area contributed by atoms with Gasteiger partial charge < -0.3 is 10.6 Å². The van der Waals surface area contributed by atoms with Gasteiger partial charge in [0.1, 0.15) is 0 Å². The fourth-order valence-electron chi connectivity index (χ4n) is 2.57. The van der Waals surface area contributed by atoms with E-state index in [9.17, 15) is 0 Å². The molecule has 2 bridgehead atoms. The average molecular weight is 154 g/mol. The number of hydrogen-bond donors (Lipinski definition) is 1. The molecule has 0 aliphatic carbocycles. The van der Waals surface area contributed by atoms with E-state index in [2.05, 4.69) is 4.90 Å². The van der Waals surface area contributed by atoms with Crippen LogP contribution in [-0.4, -0.2) is 31.1 Å². The Morgan fingerprint density at radius 3 is 3.00 bits per heavy atom. The van der Waals surface area contributed by atoms with Gasteiger partial charge in [0.15, 0.2) is 0 Å². The fraction of sp³-hybridized carbons (Fsp3) is 1.00. The third-order valence-electron chi connectivity index (χ3n) is 3.33. The van der Waals surface area contributed by atoms with Crippen molar-refractivity contribution < 1.29 is 0 Å². The first-order chi connectivity index (χ1) is 5.40. The van der Waals surface area contributed by atoms with Gasteiger partial charge in [-0.1, -0.05) is 0 Å². The predicted octanol–water partition coefficient (Wildman–Crippen LogP) is 0.677. The van der Waals surface area contributed by atoms with Gasteiger partial charge in [0, 0.05) is 6.54 Å². The third kappa shape index (κ3) is 1.42. The standard InChI is InChI=1S/C9H18N2/c10-6-8-2-1-4-11-5-3-9(8)7-11/h8-9H,1-7,10H2. The average Bonchev–Trinajstić information content (AvgIpc) is 2.33. The molecule has 0 spiro atoms. The van der Waals surface area contributed by atoms with Gasteiger partial charge in [0.2, 0.25) is 0 Å². The Kier molecular flexibility index (Phi) is 2.14. The van der Waals surface area contributed by atoms with Gasteiger partial charge in [-0.15, -0.1) is 0 Å². The van der Waals surface area contributed by atoms with Crippen LogP contribution >= 0.6 is 0 Å².